The highest BCUT2D eigenvalue weighted by Crippen LogP contribution is 2.29. The van der Waals surface area contributed by atoms with Crippen molar-refractivity contribution in [3.63, 3.8) is 0 Å². The van der Waals surface area contributed by atoms with E-state index >= 15 is 0 Å². The quantitative estimate of drug-likeness (QED) is 0.490. The molecule has 1 N–H and O–H groups in total. The molecule has 0 aliphatic carbocycles. The first-order chi connectivity index (χ1) is 7.69. The van der Waals surface area contributed by atoms with Gasteiger partial charge < -0.3 is 5.32 Å². The maximum absolute atomic E-state index is 10.8. The van der Waals surface area contributed by atoms with Crippen LogP contribution in [0.1, 0.15) is 6.92 Å². The molecule has 0 fully saturated rings. The lowest BCUT2D eigenvalue weighted by Crippen LogP contribution is -2.04. The third-order valence-corrected chi connectivity index (χ3v) is 2.75. The zero-order valence-electron chi connectivity index (χ0n) is 8.34. The summed E-state index contributed by atoms with van der Waals surface area (Å²) < 4.78 is 0.869. The van der Waals surface area contributed by atoms with Crippen LogP contribution in [0.4, 0.5) is 10.8 Å². The Morgan fingerprint density at radius 3 is 3.12 bits per heavy atom. The second kappa shape index (κ2) is 4.18. The van der Waals surface area contributed by atoms with Gasteiger partial charge in [-0.15, -0.1) is 0 Å². The van der Waals surface area contributed by atoms with Gasteiger partial charge in [0, 0.05) is 17.5 Å². The summed E-state index contributed by atoms with van der Waals surface area (Å²) in [5.74, 6) is -0.158. The molecule has 0 spiro atoms. The summed E-state index contributed by atoms with van der Waals surface area (Å²) in [6.07, 6.45) is 0. The minimum atomic E-state index is -0.158. The van der Waals surface area contributed by atoms with Gasteiger partial charge in [0.1, 0.15) is 0 Å². The number of thiazole rings is 1. The number of hydrogen-bond acceptors (Lipinski definition) is 4. The van der Waals surface area contributed by atoms with Gasteiger partial charge in [0.15, 0.2) is 5.13 Å². The van der Waals surface area contributed by atoms with E-state index in [0.29, 0.717) is 10.8 Å². The van der Waals surface area contributed by atoms with Crippen LogP contribution in [-0.4, -0.2) is 10.9 Å². The molecule has 2 rings (SSSR count). The van der Waals surface area contributed by atoms with Crippen molar-refractivity contribution in [2.75, 3.05) is 5.32 Å². The summed E-state index contributed by atoms with van der Waals surface area (Å²) in [5.41, 5.74) is 9.61. The number of amides is 1. The molecular weight excluding hydrogens is 226 g/mol. The first-order valence-corrected chi connectivity index (χ1v) is 5.24. The van der Waals surface area contributed by atoms with Crippen LogP contribution in [0.3, 0.4) is 0 Å². The molecule has 1 amide bonds. The monoisotopic (exact) mass is 233 g/mol. The fraction of sp³-hybridized carbons (Fsp3) is 0.111. The average molecular weight is 233 g/mol. The van der Waals surface area contributed by atoms with Crippen LogP contribution in [0.2, 0.25) is 0 Å². The normalized spacial score (nSPS) is 9.81. The van der Waals surface area contributed by atoms with Crippen molar-refractivity contribution in [2.45, 2.75) is 6.92 Å². The van der Waals surface area contributed by atoms with Crippen molar-refractivity contribution >= 4 is 38.3 Å². The minimum absolute atomic E-state index is 0.158. The van der Waals surface area contributed by atoms with Gasteiger partial charge in [-0.2, -0.15) is 0 Å². The van der Waals surface area contributed by atoms with Gasteiger partial charge in [0.25, 0.3) is 0 Å². The van der Waals surface area contributed by atoms with Crippen molar-refractivity contribution in [3.8, 4) is 0 Å². The van der Waals surface area contributed by atoms with Crippen LogP contribution >= 0.6 is 11.3 Å². The van der Waals surface area contributed by atoms with E-state index in [1.54, 1.807) is 18.2 Å². The molecule has 1 aromatic heterocycles. The van der Waals surface area contributed by atoms with E-state index in [0.717, 1.165) is 10.2 Å². The average Bonchev–Trinajstić information content (AvgIpc) is 2.58. The number of carbonyl (C=O) groups is 1. The van der Waals surface area contributed by atoms with Crippen LogP contribution in [0.25, 0.3) is 20.7 Å². The number of nitrogens with one attached hydrogen (secondary N) is 1. The van der Waals surface area contributed by atoms with Crippen molar-refractivity contribution in [2.24, 2.45) is 5.11 Å². The molecule has 0 unspecified atom stereocenters. The predicted molar refractivity (Wildman–Crippen MR) is 62.7 cm³/mol. The standard InChI is InChI=1S/C9H7N5OS/c1-5(15)11-9-12-7-3-2-6(13-14-10)4-8(7)16-9/h2-4H,1H3,(H,11,12,15). The second-order valence-corrected chi connectivity index (χ2v) is 4.07. The first kappa shape index (κ1) is 10.4. The Morgan fingerprint density at radius 1 is 1.62 bits per heavy atom. The van der Waals surface area contributed by atoms with Crippen LogP contribution in [0, 0.1) is 0 Å². The van der Waals surface area contributed by atoms with Gasteiger partial charge in [0.2, 0.25) is 5.91 Å². The fourth-order valence-corrected chi connectivity index (χ4v) is 2.18. The molecule has 1 heterocycles. The lowest BCUT2D eigenvalue weighted by Gasteiger charge is -1.91. The number of rotatable bonds is 2. The lowest BCUT2D eigenvalue weighted by molar-refractivity contribution is -0.114. The summed E-state index contributed by atoms with van der Waals surface area (Å²) in [7, 11) is 0. The zero-order chi connectivity index (χ0) is 11.5. The number of anilines is 1. The predicted octanol–water partition coefficient (Wildman–Crippen LogP) is 3.20. The molecule has 1 aromatic carbocycles. The molecule has 0 saturated carbocycles. The minimum Gasteiger partial charge on any atom is -0.302 e. The first-order valence-electron chi connectivity index (χ1n) is 4.42. The Bertz CT molecular complexity index is 599. The smallest absolute Gasteiger partial charge is 0.223 e. The Kier molecular flexibility index (Phi) is 2.72. The van der Waals surface area contributed by atoms with Crippen LogP contribution in [0.15, 0.2) is 23.3 Å². The van der Waals surface area contributed by atoms with Crippen molar-refractivity contribution in [3.05, 3.63) is 28.6 Å². The highest BCUT2D eigenvalue weighted by atomic mass is 32.1. The highest BCUT2D eigenvalue weighted by Gasteiger charge is 2.04. The number of nitrogens with zero attached hydrogens (tertiary/aromatic N) is 4. The third kappa shape index (κ3) is 2.10. The van der Waals surface area contributed by atoms with E-state index in [-0.39, 0.29) is 5.91 Å². The molecule has 0 aliphatic heterocycles. The Balaban J connectivity index is 2.45. The molecule has 0 saturated heterocycles. The Morgan fingerprint density at radius 2 is 2.44 bits per heavy atom. The molecule has 0 aliphatic rings. The van der Waals surface area contributed by atoms with Crippen molar-refractivity contribution < 1.29 is 4.79 Å². The molecule has 6 nitrogen and oxygen atoms in total. The van der Waals surface area contributed by atoms with Gasteiger partial charge in [0.05, 0.1) is 10.2 Å². The second-order valence-electron chi connectivity index (χ2n) is 3.04. The van der Waals surface area contributed by atoms with Crippen molar-refractivity contribution in [1.82, 2.24) is 4.98 Å². The van der Waals surface area contributed by atoms with Gasteiger partial charge in [-0.05, 0) is 17.7 Å². The summed E-state index contributed by atoms with van der Waals surface area (Å²) in [5, 5.41) is 6.65. The lowest BCUT2D eigenvalue weighted by atomic mass is 10.3. The largest absolute Gasteiger partial charge is 0.302 e. The molecular formula is C9H7N5OS. The Hall–Kier alpha value is -2.11. The number of carbonyl (C=O) groups excluding carboxylic acids is 1. The van der Waals surface area contributed by atoms with Crippen LogP contribution in [0.5, 0.6) is 0 Å². The number of fused-ring (bicyclic) bond motifs is 1. The highest BCUT2D eigenvalue weighted by molar-refractivity contribution is 7.22. The topological polar surface area (TPSA) is 90.8 Å². The van der Waals surface area contributed by atoms with E-state index in [1.165, 1.54) is 18.3 Å². The number of benzene rings is 1. The molecule has 2 aromatic rings. The Labute approximate surface area is 94.5 Å². The molecule has 0 atom stereocenters. The molecule has 80 valence electrons. The van der Waals surface area contributed by atoms with E-state index in [1.807, 2.05) is 0 Å². The van der Waals surface area contributed by atoms with E-state index < -0.39 is 0 Å². The van der Waals surface area contributed by atoms with Crippen LogP contribution < -0.4 is 5.32 Å². The zero-order valence-corrected chi connectivity index (χ0v) is 9.15. The fourth-order valence-electron chi connectivity index (χ4n) is 1.23. The molecule has 16 heavy (non-hydrogen) atoms. The SMILES string of the molecule is CC(=O)Nc1nc2ccc(N=[N+]=[N-])cc2s1. The van der Waals surface area contributed by atoms with Gasteiger partial charge in [-0.1, -0.05) is 22.5 Å². The maximum atomic E-state index is 10.8. The number of hydrogen-bond donors (Lipinski definition) is 1. The molecule has 0 bridgehead atoms. The van der Waals surface area contributed by atoms with Gasteiger partial charge >= 0.3 is 0 Å². The van der Waals surface area contributed by atoms with E-state index in [2.05, 4.69) is 20.3 Å². The number of aromatic nitrogens is 1. The van der Waals surface area contributed by atoms with Crippen molar-refractivity contribution in [1.29, 1.82) is 0 Å². The van der Waals surface area contributed by atoms with Gasteiger partial charge in [-0.3, -0.25) is 4.79 Å². The maximum Gasteiger partial charge on any atom is 0.223 e. The summed E-state index contributed by atoms with van der Waals surface area (Å²) in [6.45, 7) is 1.43. The third-order valence-electron chi connectivity index (χ3n) is 1.82. The molecule has 0 radical (unpaired) electrons. The summed E-state index contributed by atoms with van der Waals surface area (Å²) in [6, 6.07) is 5.17. The van der Waals surface area contributed by atoms with Gasteiger partial charge in [-0.25, -0.2) is 4.98 Å². The van der Waals surface area contributed by atoms with E-state index in [9.17, 15) is 4.79 Å². The number of azide groups is 1. The molecule has 7 heteroatoms. The van der Waals surface area contributed by atoms with E-state index in [4.69, 9.17) is 5.53 Å². The van der Waals surface area contributed by atoms with Crippen LogP contribution in [-0.2, 0) is 4.79 Å². The summed E-state index contributed by atoms with van der Waals surface area (Å²) >= 11 is 1.34. The summed E-state index contributed by atoms with van der Waals surface area (Å²) in [4.78, 5) is 17.8.